The van der Waals surface area contributed by atoms with Gasteiger partial charge in [0.2, 0.25) is 0 Å². The number of hydrogen-bond acceptors (Lipinski definition) is 1. The van der Waals surface area contributed by atoms with E-state index >= 15 is 0 Å². The summed E-state index contributed by atoms with van der Waals surface area (Å²) in [6.45, 7) is 3.16. The summed E-state index contributed by atoms with van der Waals surface area (Å²) < 4.78 is 0. The first-order chi connectivity index (χ1) is 14.4. The lowest BCUT2D eigenvalue weighted by molar-refractivity contribution is 0.527. The Hall–Kier alpha value is -0.300. The maximum atomic E-state index is 5.52. The van der Waals surface area contributed by atoms with E-state index in [0.29, 0.717) is 0 Å². The lowest BCUT2D eigenvalue weighted by Gasteiger charge is -2.03. The highest BCUT2D eigenvalue weighted by atomic mass is 14.5. The van der Waals surface area contributed by atoms with Crippen molar-refractivity contribution in [3.8, 4) is 0 Å². The van der Waals surface area contributed by atoms with Crippen molar-refractivity contribution >= 4 is 0 Å². The predicted octanol–water partition coefficient (Wildman–Crippen LogP) is 9.88. The number of nitrogens with two attached hydrogens (primary N) is 1. The van der Waals surface area contributed by atoms with Gasteiger partial charge in [0.05, 0.1) is 0 Å². The highest BCUT2D eigenvalue weighted by molar-refractivity contribution is 4.81. The molecule has 0 aromatic heterocycles. The molecule has 0 fully saturated rings. The Morgan fingerprint density at radius 3 is 0.966 bits per heavy atom. The Balaban J connectivity index is 3.04. The third-order valence-corrected chi connectivity index (χ3v) is 6.22. The minimum absolute atomic E-state index is 0.860. The van der Waals surface area contributed by atoms with Crippen LogP contribution in [0.3, 0.4) is 0 Å². The predicted molar refractivity (Wildman–Crippen MR) is 135 cm³/mol. The molecule has 0 aromatic rings. The Morgan fingerprint density at radius 1 is 0.379 bits per heavy atom. The van der Waals surface area contributed by atoms with E-state index in [2.05, 4.69) is 19.1 Å². The molecule has 1 heteroatoms. The van der Waals surface area contributed by atoms with E-state index in [0.717, 1.165) is 6.54 Å². The van der Waals surface area contributed by atoms with Crippen molar-refractivity contribution in [2.75, 3.05) is 6.54 Å². The average Bonchev–Trinajstić information content (AvgIpc) is 2.74. The van der Waals surface area contributed by atoms with Crippen LogP contribution in [0, 0.1) is 0 Å². The number of allylic oxidation sites excluding steroid dienone is 2. The van der Waals surface area contributed by atoms with E-state index in [1.54, 1.807) is 0 Å². The fourth-order valence-corrected chi connectivity index (χ4v) is 4.16. The Labute approximate surface area is 185 Å². The average molecular weight is 408 g/mol. The highest BCUT2D eigenvalue weighted by Gasteiger charge is 1.95. The Kier molecular flexibility index (Phi) is 27.4. The van der Waals surface area contributed by atoms with Gasteiger partial charge in [0.1, 0.15) is 0 Å². The van der Waals surface area contributed by atoms with Gasteiger partial charge >= 0.3 is 0 Å². The van der Waals surface area contributed by atoms with Crippen molar-refractivity contribution in [3.63, 3.8) is 0 Å². The van der Waals surface area contributed by atoms with Crippen LogP contribution >= 0.6 is 0 Å². The van der Waals surface area contributed by atoms with Crippen molar-refractivity contribution in [3.05, 3.63) is 12.2 Å². The molecule has 29 heavy (non-hydrogen) atoms. The minimum Gasteiger partial charge on any atom is -0.330 e. The molecule has 0 saturated carbocycles. The molecule has 0 aliphatic carbocycles. The molecule has 0 rings (SSSR count). The van der Waals surface area contributed by atoms with Crippen molar-refractivity contribution in [2.45, 2.75) is 161 Å². The normalized spacial score (nSPS) is 11.7. The number of hydrogen-bond donors (Lipinski definition) is 1. The Bertz CT molecular complexity index is 297. The Morgan fingerprint density at radius 2 is 0.655 bits per heavy atom. The van der Waals surface area contributed by atoms with Gasteiger partial charge < -0.3 is 5.73 Å². The molecule has 0 aromatic carbocycles. The third-order valence-electron chi connectivity index (χ3n) is 6.22. The summed E-state index contributed by atoms with van der Waals surface area (Å²) in [5, 5.41) is 0. The second-order valence-electron chi connectivity index (χ2n) is 9.26. The van der Waals surface area contributed by atoms with Crippen LogP contribution in [0.2, 0.25) is 0 Å². The molecule has 0 unspecified atom stereocenters. The van der Waals surface area contributed by atoms with Crippen molar-refractivity contribution in [2.24, 2.45) is 5.73 Å². The molecule has 0 spiro atoms. The van der Waals surface area contributed by atoms with Gasteiger partial charge in [0, 0.05) is 0 Å². The van der Waals surface area contributed by atoms with Crippen LogP contribution in [-0.4, -0.2) is 6.54 Å². The summed E-state index contributed by atoms with van der Waals surface area (Å²) in [5.41, 5.74) is 5.52. The molecule has 174 valence electrons. The fraction of sp³-hybridized carbons (Fsp3) is 0.929. The zero-order valence-electron chi connectivity index (χ0n) is 20.4. The molecular weight excluding hydrogens is 350 g/mol. The zero-order chi connectivity index (χ0) is 21.1. The second kappa shape index (κ2) is 27.7. The molecular formula is C28H57N. The SMILES string of the molecule is CCCCCCCCCCCCCCCCCCC/C=C/CCCCCCCN. The first kappa shape index (κ1) is 28.7. The van der Waals surface area contributed by atoms with Crippen LogP contribution < -0.4 is 5.73 Å². The van der Waals surface area contributed by atoms with Crippen molar-refractivity contribution in [1.82, 2.24) is 0 Å². The molecule has 0 heterocycles. The first-order valence-corrected chi connectivity index (χ1v) is 13.8. The van der Waals surface area contributed by atoms with E-state index in [1.165, 1.54) is 154 Å². The second-order valence-corrected chi connectivity index (χ2v) is 9.26. The van der Waals surface area contributed by atoms with Gasteiger partial charge in [-0.3, -0.25) is 0 Å². The van der Waals surface area contributed by atoms with E-state index in [9.17, 15) is 0 Å². The molecule has 0 atom stereocenters. The minimum atomic E-state index is 0.860. The van der Waals surface area contributed by atoms with Crippen molar-refractivity contribution < 1.29 is 0 Å². The van der Waals surface area contributed by atoms with Crippen LogP contribution in [-0.2, 0) is 0 Å². The summed E-state index contributed by atoms with van der Waals surface area (Å²) in [5.74, 6) is 0. The van der Waals surface area contributed by atoms with Gasteiger partial charge in [-0.15, -0.1) is 0 Å². The summed E-state index contributed by atoms with van der Waals surface area (Å²) in [6.07, 6.45) is 38.8. The van der Waals surface area contributed by atoms with Gasteiger partial charge in [-0.1, -0.05) is 141 Å². The van der Waals surface area contributed by atoms with Gasteiger partial charge in [-0.05, 0) is 38.6 Å². The lowest BCUT2D eigenvalue weighted by Crippen LogP contribution is -1.97. The molecule has 0 aliphatic heterocycles. The smallest absolute Gasteiger partial charge is 0.00773 e. The topological polar surface area (TPSA) is 26.0 Å². The molecule has 0 bridgehead atoms. The van der Waals surface area contributed by atoms with Crippen LogP contribution in [0.1, 0.15) is 161 Å². The zero-order valence-corrected chi connectivity index (χ0v) is 20.4. The molecule has 0 radical (unpaired) electrons. The molecule has 2 N–H and O–H groups in total. The third kappa shape index (κ3) is 27.7. The summed E-state index contributed by atoms with van der Waals surface area (Å²) in [6, 6.07) is 0. The maximum absolute atomic E-state index is 5.52. The maximum Gasteiger partial charge on any atom is -0.00773 e. The van der Waals surface area contributed by atoms with Gasteiger partial charge in [-0.25, -0.2) is 0 Å². The first-order valence-electron chi connectivity index (χ1n) is 13.8. The van der Waals surface area contributed by atoms with Gasteiger partial charge in [0.25, 0.3) is 0 Å². The van der Waals surface area contributed by atoms with Crippen LogP contribution in [0.15, 0.2) is 12.2 Å². The van der Waals surface area contributed by atoms with Gasteiger partial charge in [0.15, 0.2) is 0 Å². The fourth-order valence-electron chi connectivity index (χ4n) is 4.16. The van der Waals surface area contributed by atoms with E-state index in [-0.39, 0.29) is 0 Å². The number of unbranched alkanes of at least 4 members (excludes halogenated alkanes) is 22. The molecule has 0 aliphatic rings. The lowest BCUT2D eigenvalue weighted by atomic mass is 10.0. The monoisotopic (exact) mass is 407 g/mol. The van der Waals surface area contributed by atoms with E-state index in [4.69, 9.17) is 5.73 Å². The van der Waals surface area contributed by atoms with E-state index in [1.807, 2.05) is 0 Å². The molecule has 0 saturated heterocycles. The largest absolute Gasteiger partial charge is 0.330 e. The standard InChI is InChI=1S/C28H57N/c1-2-3-4-5-6-7-8-9-10-11-12-13-14-15-16-17-18-19-20-21-22-23-24-25-26-27-28-29/h20-21H,2-19,22-29H2,1H3/b21-20+. The summed E-state index contributed by atoms with van der Waals surface area (Å²) in [4.78, 5) is 0. The molecule has 0 amide bonds. The van der Waals surface area contributed by atoms with E-state index < -0.39 is 0 Å². The highest BCUT2D eigenvalue weighted by Crippen LogP contribution is 2.14. The summed E-state index contributed by atoms with van der Waals surface area (Å²) in [7, 11) is 0. The van der Waals surface area contributed by atoms with Crippen LogP contribution in [0.4, 0.5) is 0 Å². The van der Waals surface area contributed by atoms with Crippen LogP contribution in [0.25, 0.3) is 0 Å². The van der Waals surface area contributed by atoms with Crippen molar-refractivity contribution in [1.29, 1.82) is 0 Å². The molecule has 1 nitrogen and oxygen atoms in total. The number of rotatable bonds is 25. The van der Waals surface area contributed by atoms with Crippen LogP contribution in [0.5, 0.6) is 0 Å². The summed E-state index contributed by atoms with van der Waals surface area (Å²) >= 11 is 0. The quantitative estimate of drug-likeness (QED) is 0.118. The van der Waals surface area contributed by atoms with Gasteiger partial charge in [-0.2, -0.15) is 0 Å².